The molecule has 0 spiro atoms. The van der Waals surface area contributed by atoms with Crippen LogP contribution in [0.3, 0.4) is 0 Å². The van der Waals surface area contributed by atoms with Gasteiger partial charge in [-0.3, -0.25) is 0 Å². The minimum absolute atomic E-state index is 0.288. The van der Waals surface area contributed by atoms with Gasteiger partial charge in [-0.2, -0.15) is 5.10 Å². The highest BCUT2D eigenvalue weighted by atomic mass is 16.6. The van der Waals surface area contributed by atoms with Crippen LogP contribution in [0.5, 0.6) is 0 Å². The standard InChI is InChI=1S/C20H25N3O4/c1-5-26-18(24)17-15-11-12-22(19(25)27-20(2,3)4)13-16(15)23(21-17)14-9-7-6-8-10-14/h6-10H,5,11-13H2,1-4H3. The van der Waals surface area contributed by atoms with Crippen LogP contribution in [0.25, 0.3) is 5.69 Å². The van der Waals surface area contributed by atoms with Crippen molar-refractivity contribution in [3.05, 3.63) is 47.3 Å². The van der Waals surface area contributed by atoms with Gasteiger partial charge in [-0.1, -0.05) is 18.2 Å². The largest absolute Gasteiger partial charge is 0.461 e. The van der Waals surface area contributed by atoms with Crippen molar-refractivity contribution in [2.45, 2.75) is 46.3 Å². The van der Waals surface area contributed by atoms with Gasteiger partial charge in [0.25, 0.3) is 0 Å². The number of fused-ring (bicyclic) bond motifs is 1. The summed E-state index contributed by atoms with van der Waals surface area (Å²) < 4.78 is 12.4. The minimum Gasteiger partial charge on any atom is -0.461 e. The summed E-state index contributed by atoms with van der Waals surface area (Å²) >= 11 is 0. The highest BCUT2D eigenvalue weighted by Gasteiger charge is 2.32. The van der Waals surface area contributed by atoms with Crippen LogP contribution < -0.4 is 0 Å². The lowest BCUT2D eigenvalue weighted by Gasteiger charge is -2.30. The molecule has 27 heavy (non-hydrogen) atoms. The Hall–Kier alpha value is -2.83. The van der Waals surface area contributed by atoms with Crippen molar-refractivity contribution < 1.29 is 19.1 Å². The normalized spacial score (nSPS) is 13.9. The topological polar surface area (TPSA) is 73.7 Å². The summed E-state index contributed by atoms with van der Waals surface area (Å²) in [6.07, 6.45) is 0.155. The molecule has 1 aliphatic heterocycles. The van der Waals surface area contributed by atoms with Crippen LogP contribution in [-0.2, 0) is 22.4 Å². The molecule has 3 rings (SSSR count). The summed E-state index contributed by atoms with van der Waals surface area (Å²) in [5.41, 5.74) is 2.22. The molecule has 1 aromatic carbocycles. The predicted octanol–water partition coefficient (Wildman–Crippen LogP) is 3.34. The number of carbonyl (C=O) groups is 2. The van der Waals surface area contributed by atoms with Crippen molar-refractivity contribution >= 4 is 12.1 Å². The quantitative estimate of drug-likeness (QED) is 0.774. The second-order valence-corrected chi connectivity index (χ2v) is 7.39. The van der Waals surface area contributed by atoms with Crippen LogP contribution in [0.2, 0.25) is 0 Å². The minimum atomic E-state index is -0.562. The average Bonchev–Trinajstić information content (AvgIpc) is 3.00. The maximum Gasteiger partial charge on any atom is 0.410 e. The summed E-state index contributed by atoms with van der Waals surface area (Å²) in [6, 6.07) is 9.55. The number of amides is 1. The van der Waals surface area contributed by atoms with Crippen LogP contribution in [-0.4, -0.2) is 45.5 Å². The molecule has 7 heteroatoms. The van der Waals surface area contributed by atoms with Gasteiger partial charge in [0.2, 0.25) is 0 Å². The molecule has 0 aliphatic carbocycles. The number of carbonyl (C=O) groups excluding carboxylic acids is 2. The monoisotopic (exact) mass is 371 g/mol. The van der Waals surface area contributed by atoms with E-state index in [2.05, 4.69) is 5.10 Å². The lowest BCUT2D eigenvalue weighted by Crippen LogP contribution is -2.40. The number of hydrogen-bond donors (Lipinski definition) is 0. The van der Waals surface area contributed by atoms with E-state index in [1.54, 1.807) is 16.5 Å². The molecule has 2 heterocycles. The fraction of sp³-hybridized carbons (Fsp3) is 0.450. The van der Waals surface area contributed by atoms with E-state index in [9.17, 15) is 9.59 Å². The summed E-state index contributed by atoms with van der Waals surface area (Å²) in [7, 11) is 0. The molecule has 144 valence electrons. The zero-order valence-electron chi connectivity index (χ0n) is 16.2. The van der Waals surface area contributed by atoms with Gasteiger partial charge < -0.3 is 14.4 Å². The maximum atomic E-state index is 12.5. The number of nitrogens with zero attached hydrogens (tertiary/aromatic N) is 3. The third-order valence-corrected chi connectivity index (χ3v) is 4.18. The van der Waals surface area contributed by atoms with Crippen molar-refractivity contribution in [3.8, 4) is 5.69 Å². The van der Waals surface area contributed by atoms with Gasteiger partial charge in [-0.15, -0.1) is 0 Å². The van der Waals surface area contributed by atoms with E-state index >= 15 is 0 Å². The summed E-state index contributed by atoms with van der Waals surface area (Å²) in [4.78, 5) is 26.5. The van der Waals surface area contributed by atoms with E-state index in [1.165, 1.54) is 0 Å². The first kappa shape index (κ1) is 18.9. The molecule has 0 atom stereocenters. The van der Waals surface area contributed by atoms with Crippen molar-refractivity contribution in [1.29, 1.82) is 0 Å². The van der Waals surface area contributed by atoms with Gasteiger partial charge in [0.1, 0.15) is 5.60 Å². The van der Waals surface area contributed by atoms with Crippen molar-refractivity contribution in [1.82, 2.24) is 14.7 Å². The average molecular weight is 371 g/mol. The van der Waals surface area contributed by atoms with E-state index in [-0.39, 0.29) is 12.7 Å². The Balaban J connectivity index is 1.98. The molecule has 0 saturated carbocycles. The Morgan fingerprint density at radius 2 is 1.89 bits per heavy atom. The highest BCUT2D eigenvalue weighted by Crippen LogP contribution is 2.27. The number of rotatable bonds is 3. The number of benzene rings is 1. The lowest BCUT2D eigenvalue weighted by molar-refractivity contribution is 0.0220. The Labute approximate surface area is 158 Å². The molecular formula is C20H25N3O4. The number of ether oxygens (including phenoxy) is 2. The molecule has 1 aromatic heterocycles. The molecule has 1 aliphatic rings. The molecule has 0 N–H and O–H groups in total. The van der Waals surface area contributed by atoms with Crippen LogP contribution in [0, 0.1) is 0 Å². The van der Waals surface area contributed by atoms with Crippen molar-refractivity contribution in [2.75, 3.05) is 13.2 Å². The number of esters is 1. The van der Waals surface area contributed by atoms with E-state index in [0.717, 1.165) is 16.9 Å². The molecule has 0 saturated heterocycles. The Bertz CT molecular complexity index is 837. The van der Waals surface area contributed by atoms with Gasteiger partial charge in [0, 0.05) is 12.1 Å². The molecule has 1 amide bonds. The summed E-state index contributed by atoms with van der Waals surface area (Å²) in [6.45, 7) is 8.37. The van der Waals surface area contributed by atoms with Gasteiger partial charge in [-0.25, -0.2) is 14.3 Å². The molecule has 0 unspecified atom stereocenters. The smallest absolute Gasteiger partial charge is 0.410 e. The van der Waals surface area contributed by atoms with Gasteiger partial charge in [0.15, 0.2) is 5.69 Å². The van der Waals surface area contributed by atoms with Crippen molar-refractivity contribution in [3.63, 3.8) is 0 Å². The lowest BCUT2D eigenvalue weighted by atomic mass is 10.0. The summed E-state index contributed by atoms with van der Waals surface area (Å²) in [5, 5.41) is 4.51. The second kappa shape index (κ2) is 7.42. The molecule has 0 bridgehead atoms. The second-order valence-electron chi connectivity index (χ2n) is 7.39. The van der Waals surface area contributed by atoms with Crippen LogP contribution in [0.4, 0.5) is 4.79 Å². The summed E-state index contributed by atoms with van der Waals surface area (Å²) in [5.74, 6) is -0.436. The first-order valence-corrected chi connectivity index (χ1v) is 9.11. The zero-order valence-corrected chi connectivity index (χ0v) is 16.2. The fourth-order valence-corrected chi connectivity index (χ4v) is 3.05. The number of hydrogen-bond acceptors (Lipinski definition) is 5. The van der Waals surface area contributed by atoms with E-state index in [4.69, 9.17) is 9.47 Å². The van der Waals surface area contributed by atoms with E-state index in [0.29, 0.717) is 25.2 Å². The molecule has 7 nitrogen and oxygen atoms in total. The first-order valence-electron chi connectivity index (χ1n) is 9.11. The van der Waals surface area contributed by atoms with Crippen molar-refractivity contribution in [2.24, 2.45) is 0 Å². The Morgan fingerprint density at radius 1 is 1.19 bits per heavy atom. The molecule has 0 radical (unpaired) electrons. The van der Waals surface area contributed by atoms with Crippen LogP contribution >= 0.6 is 0 Å². The van der Waals surface area contributed by atoms with E-state index in [1.807, 2.05) is 51.1 Å². The first-order chi connectivity index (χ1) is 12.8. The van der Waals surface area contributed by atoms with Gasteiger partial charge in [0.05, 0.1) is 24.5 Å². The highest BCUT2D eigenvalue weighted by molar-refractivity contribution is 5.89. The Kier molecular flexibility index (Phi) is 5.21. The third kappa shape index (κ3) is 4.13. The fourth-order valence-electron chi connectivity index (χ4n) is 3.05. The molecule has 2 aromatic rings. The number of para-hydroxylation sites is 1. The molecular weight excluding hydrogens is 346 g/mol. The van der Waals surface area contributed by atoms with Crippen LogP contribution in [0.15, 0.2) is 30.3 Å². The van der Waals surface area contributed by atoms with Gasteiger partial charge in [-0.05, 0) is 46.2 Å². The maximum absolute atomic E-state index is 12.5. The SMILES string of the molecule is CCOC(=O)c1nn(-c2ccccc2)c2c1CCN(C(=O)OC(C)(C)C)C2. The predicted molar refractivity (Wildman–Crippen MR) is 99.9 cm³/mol. The Morgan fingerprint density at radius 3 is 2.52 bits per heavy atom. The number of aromatic nitrogens is 2. The van der Waals surface area contributed by atoms with Gasteiger partial charge >= 0.3 is 12.1 Å². The third-order valence-electron chi connectivity index (χ3n) is 4.18. The van der Waals surface area contributed by atoms with Crippen LogP contribution in [0.1, 0.15) is 49.4 Å². The van der Waals surface area contributed by atoms with E-state index < -0.39 is 11.6 Å². The zero-order chi connectivity index (χ0) is 19.6. The molecule has 0 fully saturated rings.